The van der Waals surface area contributed by atoms with Crippen LogP contribution in [0.25, 0.3) is 22.2 Å². The number of hydrogen-bond acceptors (Lipinski definition) is 5. The third-order valence-corrected chi connectivity index (χ3v) is 5.73. The van der Waals surface area contributed by atoms with Gasteiger partial charge in [0.25, 0.3) is 5.91 Å². The van der Waals surface area contributed by atoms with E-state index in [1.807, 2.05) is 59.5 Å². The highest BCUT2D eigenvalue weighted by atomic mass is 35.5. The van der Waals surface area contributed by atoms with Crippen LogP contribution in [0, 0.1) is 0 Å². The normalized spacial score (nSPS) is 14.1. The number of amides is 1. The zero-order valence-corrected chi connectivity index (χ0v) is 17.5. The van der Waals surface area contributed by atoms with Crippen molar-refractivity contribution in [2.45, 2.75) is 0 Å². The second kappa shape index (κ2) is 8.32. The Balaban J connectivity index is 1.43. The van der Waals surface area contributed by atoms with Crippen LogP contribution in [0.3, 0.4) is 0 Å². The summed E-state index contributed by atoms with van der Waals surface area (Å²) in [5, 5.41) is 1.48. The van der Waals surface area contributed by atoms with Gasteiger partial charge < -0.3 is 9.80 Å². The van der Waals surface area contributed by atoms with Crippen LogP contribution in [-0.4, -0.2) is 51.9 Å². The molecule has 0 aliphatic carbocycles. The van der Waals surface area contributed by atoms with Crippen LogP contribution in [0.1, 0.15) is 10.4 Å². The van der Waals surface area contributed by atoms with Crippen molar-refractivity contribution in [2.24, 2.45) is 0 Å². The predicted molar refractivity (Wildman–Crippen MR) is 122 cm³/mol. The fourth-order valence-electron chi connectivity index (χ4n) is 3.88. The summed E-state index contributed by atoms with van der Waals surface area (Å²) >= 11 is 5.94. The fourth-order valence-corrected chi connectivity index (χ4v) is 3.99. The van der Waals surface area contributed by atoms with Gasteiger partial charge in [0, 0.05) is 55.7 Å². The largest absolute Gasteiger partial charge is 0.353 e. The number of aromatic nitrogens is 3. The second-order valence-corrected chi connectivity index (χ2v) is 7.86. The molecule has 6 nitrogen and oxygen atoms in total. The number of nitrogens with zero attached hydrogens (tertiary/aromatic N) is 5. The van der Waals surface area contributed by atoms with E-state index in [-0.39, 0.29) is 5.91 Å². The van der Waals surface area contributed by atoms with Crippen LogP contribution in [-0.2, 0) is 0 Å². The number of piperazine rings is 1. The van der Waals surface area contributed by atoms with Crippen LogP contribution >= 0.6 is 11.6 Å². The first-order valence-corrected chi connectivity index (χ1v) is 10.5. The highest BCUT2D eigenvalue weighted by Gasteiger charge is 2.25. The zero-order chi connectivity index (χ0) is 21.2. The van der Waals surface area contributed by atoms with E-state index in [2.05, 4.69) is 14.9 Å². The number of fused-ring (bicyclic) bond motifs is 1. The monoisotopic (exact) mass is 429 g/mol. The van der Waals surface area contributed by atoms with E-state index in [4.69, 9.17) is 16.6 Å². The van der Waals surface area contributed by atoms with Crippen molar-refractivity contribution in [3.8, 4) is 11.3 Å². The molecule has 4 heterocycles. The van der Waals surface area contributed by atoms with E-state index in [0.717, 1.165) is 41.1 Å². The van der Waals surface area contributed by atoms with E-state index in [0.29, 0.717) is 23.7 Å². The number of carbonyl (C=O) groups excluding carboxylic acids is 1. The standard InChI is InChI=1S/C24H20ClN5O/c25-18-7-8-23(27-16-18)29-10-12-30(13-11-29)24(31)20-14-22(17-4-3-9-26-15-17)28-21-6-2-1-5-19(20)21/h1-9,14-16H,10-13H2. The number of halogens is 1. The van der Waals surface area contributed by atoms with E-state index >= 15 is 0 Å². The first-order valence-electron chi connectivity index (χ1n) is 10.1. The molecule has 0 atom stereocenters. The molecule has 3 aromatic heterocycles. The molecule has 0 unspecified atom stereocenters. The van der Waals surface area contributed by atoms with Gasteiger partial charge in [-0.15, -0.1) is 0 Å². The second-order valence-electron chi connectivity index (χ2n) is 7.43. The van der Waals surface area contributed by atoms with Gasteiger partial charge in [-0.25, -0.2) is 9.97 Å². The summed E-state index contributed by atoms with van der Waals surface area (Å²) in [5.74, 6) is 0.900. The molecule has 0 bridgehead atoms. The lowest BCUT2D eigenvalue weighted by atomic mass is 10.0. The summed E-state index contributed by atoms with van der Waals surface area (Å²) < 4.78 is 0. The Hall–Kier alpha value is -3.51. The number of para-hydroxylation sites is 1. The lowest BCUT2D eigenvalue weighted by molar-refractivity contribution is 0.0748. The topological polar surface area (TPSA) is 62.2 Å². The van der Waals surface area contributed by atoms with Crippen LogP contribution in [0.5, 0.6) is 0 Å². The minimum atomic E-state index is 0.0208. The summed E-state index contributed by atoms with van der Waals surface area (Å²) in [6.45, 7) is 2.70. The number of benzene rings is 1. The Kier molecular flexibility index (Phi) is 5.22. The number of hydrogen-bond donors (Lipinski definition) is 0. The van der Waals surface area contributed by atoms with Crippen molar-refractivity contribution >= 4 is 34.2 Å². The van der Waals surface area contributed by atoms with Crippen LogP contribution in [0.4, 0.5) is 5.82 Å². The summed E-state index contributed by atoms with van der Waals surface area (Å²) in [5.41, 5.74) is 3.11. The van der Waals surface area contributed by atoms with Gasteiger partial charge in [0.15, 0.2) is 0 Å². The third kappa shape index (κ3) is 3.94. The third-order valence-electron chi connectivity index (χ3n) is 5.51. The number of pyridine rings is 3. The summed E-state index contributed by atoms with van der Waals surface area (Å²) in [6, 6.07) is 17.2. The van der Waals surface area contributed by atoms with E-state index in [1.54, 1.807) is 18.6 Å². The maximum absolute atomic E-state index is 13.5. The molecule has 1 fully saturated rings. The maximum Gasteiger partial charge on any atom is 0.254 e. The summed E-state index contributed by atoms with van der Waals surface area (Å²) in [6.07, 6.45) is 5.15. The van der Waals surface area contributed by atoms with Crippen molar-refractivity contribution in [2.75, 3.05) is 31.1 Å². The summed E-state index contributed by atoms with van der Waals surface area (Å²) in [7, 11) is 0. The number of carbonyl (C=O) groups is 1. The average Bonchev–Trinajstić information content (AvgIpc) is 2.84. The molecule has 31 heavy (non-hydrogen) atoms. The Bertz CT molecular complexity index is 1220. The van der Waals surface area contributed by atoms with Gasteiger partial charge in [0.2, 0.25) is 0 Å². The van der Waals surface area contributed by atoms with Gasteiger partial charge in [-0.1, -0.05) is 29.8 Å². The van der Waals surface area contributed by atoms with Crippen LogP contribution in [0.15, 0.2) is 73.2 Å². The molecule has 154 valence electrons. The molecular weight excluding hydrogens is 410 g/mol. The highest BCUT2D eigenvalue weighted by Crippen LogP contribution is 2.26. The molecule has 1 aliphatic heterocycles. The van der Waals surface area contributed by atoms with Gasteiger partial charge in [-0.05, 0) is 36.4 Å². The highest BCUT2D eigenvalue weighted by molar-refractivity contribution is 6.30. The lowest BCUT2D eigenvalue weighted by Crippen LogP contribution is -2.49. The van der Waals surface area contributed by atoms with Gasteiger partial charge in [0.1, 0.15) is 5.82 Å². The smallest absolute Gasteiger partial charge is 0.254 e. The van der Waals surface area contributed by atoms with Gasteiger partial charge in [0.05, 0.1) is 21.8 Å². The van der Waals surface area contributed by atoms with Crippen molar-refractivity contribution in [1.82, 2.24) is 19.9 Å². The molecule has 1 aliphatic rings. The van der Waals surface area contributed by atoms with Crippen LogP contribution < -0.4 is 4.90 Å². The van der Waals surface area contributed by atoms with Crippen molar-refractivity contribution in [3.63, 3.8) is 0 Å². The minimum absolute atomic E-state index is 0.0208. The van der Waals surface area contributed by atoms with E-state index in [1.165, 1.54) is 0 Å². The average molecular weight is 430 g/mol. The van der Waals surface area contributed by atoms with Gasteiger partial charge in [-0.3, -0.25) is 9.78 Å². The zero-order valence-electron chi connectivity index (χ0n) is 16.8. The number of anilines is 1. The molecule has 0 saturated carbocycles. The maximum atomic E-state index is 13.5. The Morgan fingerprint density at radius 3 is 2.52 bits per heavy atom. The predicted octanol–water partition coefficient (Wildman–Crippen LogP) is 4.31. The molecule has 1 aromatic carbocycles. The lowest BCUT2D eigenvalue weighted by Gasteiger charge is -2.35. The molecule has 4 aromatic rings. The van der Waals surface area contributed by atoms with Gasteiger partial charge >= 0.3 is 0 Å². The Morgan fingerprint density at radius 2 is 1.77 bits per heavy atom. The molecule has 0 spiro atoms. The van der Waals surface area contributed by atoms with Crippen molar-refractivity contribution in [1.29, 1.82) is 0 Å². The summed E-state index contributed by atoms with van der Waals surface area (Å²) in [4.78, 5) is 30.9. The quantitative estimate of drug-likeness (QED) is 0.485. The van der Waals surface area contributed by atoms with E-state index in [9.17, 15) is 4.79 Å². The Labute approximate surface area is 185 Å². The molecule has 5 rings (SSSR count). The first kappa shape index (κ1) is 19.5. The van der Waals surface area contributed by atoms with E-state index < -0.39 is 0 Å². The fraction of sp³-hybridized carbons (Fsp3) is 0.167. The number of rotatable bonds is 3. The molecule has 0 N–H and O–H groups in total. The molecule has 1 saturated heterocycles. The SMILES string of the molecule is O=C(c1cc(-c2cccnc2)nc2ccccc12)N1CCN(c2ccc(Cl)cn2)CC1. The molecule has 7 heteroatoms. The molecular formula is C24H20ClN5O. The molecule has 0 radical (unpaired) electrons. The minimum Gasteiger partial charge on any atom is -0.353 e. The van der Waals surface area contributed by atoms with Gasteiger partial charge in [-0.2, -0.15) is 0 Å². The van der Waals surface area contributed by atoms with Crippen LogP contribution in [0.2, 0.25) is 5.02 Å². The molecule has 1 amide bonds. The van der Waals surface area contributed by atoms with Crippen molar-refractivity contribution in [3.05, 3.63) is 83.8 Å². The van der Waals surface area contributed by atoms with Crippen molar-refractivity contribution < 1.29 is 4.79 Å². The Morgan fingerprint density at radius 1 is 0.935 bits per heavy atom. The first-order chi connectivity index (χ1) is 15.2.